The van der Waals surface area contributed by atoms with Crippen LogP contribution >= 0.6 is 0 Å². The normalized spacial score (nSPS) is 27.2. The van der Waals surface area contributed by atoms with E-state index in [4.69, 9.17) is 0 Å². The smallest absolute Gasteiger partial charge is 0.314 e. The van der Waals surface area contributed by atoms with Crippen LogP contribution in [0.25, 0.3) is 0 Å². The fourth-order valence-corrected chi connectivity index (χ4v) is 1.69. The van der Waals surface area contributed by atoms with Crippen LogP contribution in [-0.2, 0) is 0 Å². The Morgan fingerprint density at radius 3 is 2.77 bits per heavy atom. The highest BCUT2D eigenvalue weighted by atomic mass is 16.3. The van der Waals surface area contributed by atoms with Gasteiger partial charge in [0, 0.05) is 13.1 Å². The molecule has 0 saturated heterocycles. The van der Waals surface area contributed by atoms with Crippen molar-refractivity contribution in [2.24, 2.45) is 5.92 Å². The molecule has 0 spiro atoms. The van der Waals surface area contributed by atoms with E-state index in [1.165, 1.54) is 0 Å². The molecule has 3 N–H and O–H groups in total. The molecule has 1 aliphatic carbocycles. The van der Waals surface area contributed by atoms with Crippen LogP contribution in [0.3, 0.4) is 0 Å². The van der Waals surface area contributed by atoms with Crippen molar-refractivity contribution in [2.75, 3.05) is 13.1 Å². The van der Waals surface area contributed by atoms with E-state index >= 15 is 0 Å². The summed E-state index contributed by atoms with van der Waals surface area (Å²) in [7, 11) is 0. The van der Waals surface area contributed by atoms with Crippen LogP contribution in [0.2, 0.25) is 0 Å². The Balaban J connectivity index is 2.09. The lowest BCUT2D eigenvalue weighted by Gasteiger charge is -2.10. The Hall–Kier alpha value is -0.770. The molecule has 13 heavy (non-hydrogen) atoms. The van der Waals surface area contributed by atoms with Crippen molar-refractivity contribution in [1.82, 2.24) is 10.6 Å². The zero-order valence-corrected chi connectivity index (χ0v) is 8.05. The molecule has 76 valence electrons. The van der Waals surface area contributed by atoms with Gasteiger partial charge in [-0.2, -0.15) is 0 Å². The molecule has 0 aromatic rings. The summed E-state index contributed by atoms with van der Waals surface area (Å²) in [5.74, 6) is 0.456. The number of rotatable bonds is 3. The number of hydrogen-bond acceptors (Lipinski definition) is 2. The molecule has 0 aromatic carbocycles. The first-order valence-electron chi connectivity index (χ1n) is 4.92. The largest absolute Gasteiger partial charge is 0.393 e. The average molecular weight is 186 g/mol. The molecular formula is C9H18N2O2. The van der Waals surface area contributed by atoms with Gasteiger partial charge in [0.2, 0.25) is 0 Å². The predicted molar refractivity (Wildman–Crippen MR) is 50.4 cm³/mol. The number of carbonyl (C=O) groups is 1. The van der Waals surface area contributed by atoms with Crippen molar-refractivity contribution in [3.63, 3.8) is 0 Å². The fourth-order valence-electron chi connectivity index (χ4n) is 1.69. The van der Waals surface area contributed by atoms with E-state index in [1.807, 2.05) is 6.92 Å². The lowest BCUT2D eigenvalue weighted by molar-refractivity contribution is 0.177. The van der Waals surface area contributed by atoms with Crippen LogP contribution in [0, 0.1) is 5.92 Å². The Bertz CT molecular complexity index is 173. The van der Waals surface area contributed by atoms with Crippen LogP contribution in [0.15, 0.2) is 0 Å². The van der Waals surface area contributed by atoms with Gasteiger partial charge in [-0.3, -0.25) is 0 Å². The summed E-state index contributed by atoms with van der Waals surface area (Å²) in [6.45, 7) is 3.22. The molecule has 1 rings (SSSR count). The second-order valence-electron chi connectivity index (χ2n) is 3.57. The van der Waals surface area contributed by atoms with Crippen LogP contribution in [0.4, 0.5) is 4.79 Å². The molecule has 0 aliphatic heterocycles. The first kappa shape index (κ1) is 10.3. The minimum atomic E-state index is -0.152. The number of aliphatic hydroxyl groups excluding tert-OH is 1. The van der Waals surface area contributed by atoms with Gasteiger partial charge < -0.3 is 15.7 Å². The second kappa shape index (κ2) is 5.07. The van der Waals surface area contributed by atoms with Gasteiger partial charge in [-0.25, -0.2) is 4.79 Å². The highest BCUT2D eigenvalue weighted by Crippen LogP contribution is 2.24. The van der Waals surface area contributed by atoms with E-state index in [2.05, 4.69) is 10.6 Å². The van der Waals surface area contributed by atoms with E-state index in [0.717, 1.165) is 19.3 Å². The number of urea groups is 1. The minimum absolute atomic E-state index is 0.108. The standard InChI is InChI=1S/C9H18N2O2/c1-2-10-9(13)11-6-7-3-4-8(12)5-7/h7-8,12H,2-6H2,1H3,(H2,10,11,13). The molecule has 2 unspecified atom stereocenters. The Morgan fingerprint density at radius 1 is 1.46 bits per heavy atom. The van der Waals surface area contributed by atoms with Crippen molar-refractivity contribution in [2.45, 2.75) is 32.3 Å². The van der Waals surface area contributed by atoms with Gasteiger partial charge in [0.25, 0.3) is 0 Å². The van der Waals surface area contributed by atoms with Gasteiger partial charge in [-0.15, -0.1) is 0 Å². The Labute approximate surface area is 78.7 Å². The SMILES string of the molecule is CCNC(=O)NCC1CCC(O)C1. The Kier molecular flexibility index (Phi) is 4.02. The molecule has 2 atom stereocenters. The maximum atomic E-state index is 11.0. The average Bonchev–Trinajstić information content (AvgIpc) is 2.49. The number of hydrogen-bond donors (Lipinski definition) is 3. The van der Waals surface area contributed by atoms with Gasteiger partial charge in [0.15, 0.2) is 0 Å². The summed E-state index contributed by atoms with van der Waals surface area (Å²) < 4.78 is 0. The number of carbonyl (C=O) groups excluding carboxylic acids is 1. The minimum Gasteiger partial charge on any atom is -0.393 e. The topological polar surface area (TPSA) is 61.4 Å². The van der Waals surface area contributed by atoms with E-state index in [0.29, 0.717) is 19.0 Å². The molecule has 0 aromatic heterocycles. The molecule has 1 saturated carbocycles. The molecule has 2 amide bonds. The first-order chi connectivity index (χ1) is 6.22. The summed E-state index contributed by atoms with van der Waals surface area (Å²) >= 11 is 0. The third kappa shape index (κ3) is 3.63. The molecule has 4 nitrogen and oxygen atoms in total. The van der Waals surface area contributed by atoms with Crippen molar-refractivity contribution in [3.05, 3.63) is 0 Å². The van der Waals surface area contributed by atoms with E-state index in [1.54, 1.807) is 0 Å². The van der Waals surface area contributed by atoms with Crippen LogP contribution in [-0.4, -0.2) is 30.3 Å². The monoisotopic (exact) mass is 186 g/mol. The summed E-state index contributed by atoms with van der Waals surface area (Å²) in [6, 6.07) is -0.108. The molecule has 4 heteroatoms. The van der Waals surface area contributed by atoms with Gasteiger partial charge >= 0.3 is 6.03 Å². The predicted octanol–water partition coefficient (Wildman–Crippen LogP) is 0.466. The summed E-state index contributed by atoms with van der Waals surface area (Å²) in [6.07, 6.45) is 2.57. The quantitative estimate of drug-likeness (QED) is 0.600. The lowest BCUT2D eigenvalue weighted by atomic mass is 10.1. The van der Waals surface area contributed by atoms with Crippen LogP contribution in [0.5, 0.6) is 0 Å². The summed E-state index contributed by atoms with van der Waals surface area (Å²) in [5.41, 5.74) is 0. The van der Waals surface area contributed by atoms with Crippen molar-refractivity contribution >= 4 is 6.03 Å². The van der Waals surface area contributed by atoms with Crippen LogP contribution in [0.1, 0.15) is 26.2 Å². The van der Waals surface area contributed by atoms with E-state index < -0.39 is 0 Å². The second-order valence-corrected chi connectivity index (χ2v) is 3.57. The lowest BCUT2D eigenvalue weighted by Crippen LogP contribution is -2.37. The molecular weight excluding hydrogens is 168 g/mol. The number of nitrogens with one attached hydrogen (secondary N) is 2. The Morgan fingerprint density at radius 2 is 2.23 bits per heavy atom. The van der Waals surface area contributed by atoms with E-state index in [9.17, 15) is 9.90 Å². The van der Waals surface area contributed by atoms with Crippen molar-refractivity contribution in [3.8, 4) is 0 Å². The summed E-state index contributed by atoms with van der Waals surface area (Å²) in [4.78, 5) is 11.0. The molecule has 0 heterocycles. The third-order valence-corrected chi connectivity index (χ3v) is 2.40. The van der Waals surface area contributed by atoms with Gasteiger partial charge in [0.1, 0.15) is 0 Å². The maximum absolute atomic E-state index is 11.0. The molecule has 0 bridgehead atoms. The van der Waals surface area contributed by atoms with E-state index in [-0.39, 0.29) is 12.1 Å². The molecule has 1 aliphatic rings. The molecule has 0 radical (unpaired) electrons. The zero-order valence-electron chi connectivity index (χ0n) is 8.05. The number of amides is 2. The van der Waals surface area contributed by atoms with Gasteiger partial charge in [0.05, 0.1) is 6.10 Å². The van der Waals surface area contributed by atoms with Gasteiger partial charge in [-0.05, 0) is 32.1 Å². The summed E-state index contributed by atoms with van der Waals surface area (Å²) in [5, 5.41) is 14.7. The van der Waals surface area contributed by atoms with Crippen LogP contribution < -0.4 is 10.6 Å². The zero-order chi connectivity index (χ0) is 9.68. The molecule has 1 fully saturated rings. The highest BCUT2D eigenvalue weighted by molar-refractivity contribution is 5.73. The number of aliphatic hydroxyl groups is 1. The van der Waals surface area contributed by atoms with Crippen molar-refractivity contribution in [1.29, 1.82) is 0 Å². The fraction of sp³-hybridized carbons (Fsp3) is 0.889. The first-order valence-corrected chi connectivity index (χ1v) is 4.92. The maximum Gasteiger partial charge on any atom is 0.314 e. The third-order valence-electron chi connectivity index (χ3n) is 2.40. The van der Waals surface area contributed by atoms with Gasteiger partial charge in [-0.1, -0.05) is 0 Å². The van der Waals surface area contributed by atoms with Crippen molar-refractivity contribution < 1.29 is 9.90 Å². The highest BCUT2D eigenvalue weighted by Gasteiger charge is 2.22.